The lowest BCUT2D eigenvalue weighted by molar-refractivity contribution is -0.144. The first kappa shape index (κ1) is 45.7. The number of ether oxygens (including phenoxy) is 3. The van der Waals surface area contributed by atoms with Gasteiger partial charge in [-0.1, -0.05) is 57.2 Å². The Kier molecular flexibility index (Phi) is 15.4. The number of aromatic nitrogens is 5. The van der Waals surface area contributed by atoms with Gasteiger partial charge in [-0.15, -0.1) is 21.5 Å². The second-order valence-electron chi connectivity index (χ2n) is 16.2. The number of nitrogens with one attached hydrogen (secondary N) is 2. The molecule has 5 aromatic rings. The molecule has 4 heterocycles. The highest BCUT2D eigenvalue weighted by atomic mass is 32.1. The first-order chi connectivity index (χ1) is 29.7. The van der Waals surface area contributed by atoms with Crippen LogP contribution in [-0.4, -0.2) is 122 Å². The summed E-state index contributed by atoms with van der Waals surface area (Å²) in [5, 5.41) is 39.2. The number of aromatic hydroxyl groups is 1. The second-order valence-corrected chi connectivity index (χ2v) is 17.1. The third kappa shape index (κ3) is 11.8. The minimum atomic E-state index is -0.977. The summed E-state index contributed by atoms with van der Waals surface area (Å²) >= 11 is 1.57. The number of aliphatic hydroxyl groups excluding tert-OH is 1. The molecule has 0 aliphatic carbocycles. The van der Waals surface area contributed by atoms with Crippen LogP contribution in [0.5, 0.6) is 5.75 Å². The van der Waals surface area contributed by atoms with Gasteiger partial charge in [-0.2, -0.15) is 5.10 Å². The molecule has 0 radical (unpaired) electrons. The third-order valence-electron chi connectivity index (χ3n) is 10.4. The number of benzene rings is 2. The van der Waals surface area contributed by atoms with Crippen LogP contribution >= 0.6 is 11.3 Å². The van der Waals surface area contributed by atoms with Gasteiger partial charge < -0.3 is 45.7 Å². The van der Waals surface area contributed by atoms with E-state index in [1.165, 1.54) is 4.90 Å². The van der Waals surface area contributed by atoms with Gasteiger partial charge in [-0.3, -0.25) is 19.1 Å². The maximum Gasteiger partial charge on any atom is 0.246 e. The third-order valence-corrected chi connectivity index (χ3v) is 11.4. The highest BCUT2D eigenvalue weighted by Gasteiger charge is 2.44. The second kappa shape index (κ2) is 20.9. The number of aryl methyl sites for hydroxylation is 1. The highest BCUT2D eigenvalue weighted by molar-refractivity contribution is 7.13. The van der Waals surface area contributed by atoms with Gasteiger partial charge in [0.05, 0.1) is 79.7 Å². The summed E-state index contributed by atoms with van der Waals surface area (Å²) in [7, 11) is 0. The van der Waals surface area contributed by atoms with Gasteiger partial charge >= 0.3 is 0 Å². The summed E-state index contributed by atoms with van der Waals surface area (Å²) in [4.78, 5) is 47.3. The predicted molar refractivity (Wildman–Crippen MR) is 234 cm³/mol. The number of β-amino-alcohol motifs (C(OH)–C–C–N with tert-alkyl or cyclic N) is 1. The van der Waals surface area contributed by atoms with Gasteiger partial charge in [-0.25, -0.2) is 4.98 Å². The molecule has 6 rings (SSSR count). The monoisotopic (exact) mass is 869 g/mol. The molecule has 4 unspecified atom stereocenters. The largest absolute Gasteiger partial charge is 0.507 e. The Labute approximate surface area is 364 Å². The van der Waals surface area contributed by atoms with Crippen LogP contribution in [0, 0.1) is 12.3 Å². The number of carbonyl (C=O) groups excluding carboxylic acids is 3. The Morgan fingerprint density at radius 2 is 1.66 bits per heavy atom. The molecule has 2 aromatic carbocycles. The first-order valence-electron chi connectivity index (χ1n) is 20.5. The SMILES string of the molecule is Cc1ncsc1-c1ccc(C(C)NC(=O)C2CC(O)CN2C(=O)C(NC(=O)COCCOCCOCCn2cc(-c3cc(-c4ccccc4O)nnc3N)cn2)C(C)(C)C)cc1. The summed E-state index contributed by atoms with van der Waals surface area (Å²) in [5.74, 6) is -0.986. The van der Waals surface area contributed by atoms with Crippen LogP contribution < -0.4 is 16.4 Å². The number of thiazole rings is 1. The van der Waals surface area contributed by atoms with E-state index in [-0.39, 0.29) is 56.3 Å². The first-order valence-corrected chi connectivity index (χ1v) is 21.3. The lowest BCUT2D eigenvalue weighted by atomic mass is 9.85. The minimum absolute atomic E-state index is 0.0260. The molecule has 330 valence electrons. The molecule has 3 amide bonds. The van der Waals surface area contributed by atoms with Gasteiger partial charge in [0.25, 0.3) is 0 Å². The van der Waals surface area contributed by atoms with Crippen LogP contribution in [0.3, 0.4) is 0 Å². The molecule has 0 saturated carbocycles. The van der Waals surface area contributed by atoms with E-state index in [0.29, 0.717) is 43.2 Å². The molecule has 1 aliphatic rings. The maximum absolute atomic E-state index is 14.0. The number of aliphatic hydroxyl groups is 1. The number of hydrogen-bond donors (Lipinski definition) is 5. The molecular weight excluding hydrogens is 815 g/mol. The minimum Gasteiger partial charge on any atom is -0.507 e. The van der Waals surface area contributed by atoms with Crippen molar-refractivity contribution in [1.29, 1.82) is 0 Å². The molecule has 18 heteroatoms. The molecule has 0 bridgehead atoms. The number of anilines is 1. The quantitative estimate of drug-likeness (QED) is 0.0736. The zero-order chi connectivity index (χ0) is 44.4. The number of rotatable bonds is 19. The molecular formula is C44H55N9O8S. The summed E-state index contributed by atoms with van der Waals surface area (Å²) in [6, 6.07) is 14.3. The Hall–Kier alpha value is -5.79. The average molecular weight is 870 g/mol. The Bertz CT molecular complexity index is 2290. The summed E-state index contributed by atoms with van der Waals surface area (Å²) in [6.45, 7) is 10.9. The zero-order valence-corrected chi connectivity index (χ0v) is 36.4. The van der Waals surface area contributed by atoms with Gasteiger partial charge in [0.15, 0.2) is 5.82 Å². The van der Waals surface area contributed by atoms with E-state index in [0.717, 1.165) is 27.3 Å². The average Bonchev–Trinajstić information content (AvgIpc) is 4.00. The fraction of sp³-hybridized carbons (Fsp3) is 0.432. The molecule has 1 fully saturated rings. The summed E-state index contributed by atoms with van der Waals surface area (Å²) in [6.07, 6.45) is 2.71. The van der Waals surface area contributed by atoms with E-state index < -0.39 is 35.4 Å². The van der Waals surface area contributed by atoms with E-state index in [9.17, 15) is 24.6 Å². The van der Waals surface area contributed by atoms with E-state index in [1.807, 2.05) is 70.6 Å². The lowest BCUT2D eigenvalue weighted by Crippen LogP contribution is -2.58. The van der Waals surface area contributed by atoms with Gasteiger partial charge in [-0.05, 0) is 48.6 Å². The zero-order valence-electron chi connectivity index (χ0n) is 35.6. The van der Waals surface area contributed by atoms with Crippen molar-refractivity contribution in [3.63, 3.8) is 0 Å². The Morgan fingerprint density at radius 1 is 0.952 bits per heavy atom. The standard InChI is InChI=1S/C44H55N9O8S/c1-27(29-10-12-30(13-11-29)39-28(2)46-26-62-39)48-42(57)36-20-32(54)24-53(36)43(58)40(44(3,4)5)49-38(56)25-61-19-18-60-17-16-59-15-14-52-23-31(22-47-52)34-21-35(50-51-41(34)45)33-8-6-7-9-37(33)55/h6-13,21-23,26-27,32,36,40,54-55H,14-20,24-25H2,1-5H3,(H2,45,51)(H,48,57)(H,49,56). The van der Waals surface area contributed by atoms with Crippen LogP contribution in [-0.2, 0) is 35.1 Å². The fourth-order valence-electron chi connectivity index (χ4n) is 7.06. The molecule has 1 aliphatic heterocycles. The molecule has 62 heavy (non-hydrogen) atoms. The van der Waals surface area contributed by atoms with E-state index in [2.05, 4.69) is 30.9 Å². The summed E-state index contributed by atoms with van der Waals surface area (Å²) in [5.41, 5.74) is 12.5. The molecule has 1 saturated heterocycles. The highest BCUT2D eigenvalue weighted by Crippen LogP contribution is 2.33. The smallest absolute Gasteiger partial charge is 0.246 e. The number of para-hydroxylation sites is 1. The number of likely N-dealkylation sites (tertiary alicyclic amines) is 1. The van der Waals surface area contributed by atoms with Gasteiger partial charge in [0, 0.05) is 35.9 Å². The number of nitrogen functional groups attached to an aromatic ring is 1. The summed E-state index contributed by atoms with van der Waals surface area (Å²) < 4.78 is 18.5. The van der Waals surface area contributed by atoms with Gasteiger partial charge in [0.1, 0.15) is 24.4 Å². The van der Waals surface area contributed by atoms with Crippen LogP contribution in [0.4, 0.5) is 5.82 Å². The molecule has 0 spiro atoms. The fourth-order valence-corrected chi connectivity index (χ4v) is 7.87. The number of phenolic OH excluding ortho intramolecular Hbond substituents is 1. The number of nitrogens with two attached hydrogens (primary N) is 1. The van der Waals surface area contributed by atoms with Crippen LogP contribution in [0.15, 0.2) is 72.5 Å². The lowest BCUT2D eigenvalue weighted by Gasteiger charge is -2.35. The number of phenols is 1. The van der Waals surface area contributed by atoms with Crippen molar-refractivity contribution in [3.8, 4) is 38.6 Å². The number of nitrogens with zero attached hydrogens (tertiary/aromatic N) is 6. The predicted octanol–water partition coefficient (Wildman–Crippen LogP) is 4.15. The molecule has 4 atom stereocenters. The van der Waals surface area contributed by atoms with Crippen molar-refractivity contribution in [2.45, 2.75) is 71.8 Å². The van der Waals surface area contributed by atoms with Crippen LogP contribution in [0.1, 0.15) is 51.4 Å². The van der Waals surface area contributed by atoms with Crippen LogP contribution in [0.2, 0.25) is 0 Å². The molecule has 3 aromatic heterocycles. The maximum atomic E-state index is 14.0. The normalized spacial score (nSPS) is 16.3. The van der Waals surface area contributed by atoms with Gasteiger partial charge in [0.2, 0.25) is 17.7 Å². The van der Waals surface area contributed by atoms with E-state index in [1.54, 1.807) is 52.5 Å². The van der Waals surface area contributed by atoms with E-state index >= 15 is 0 Å². The van der Waals surface area contributed by atoms with Crippen molar-refractivity contribution in [2.75, 3.05) is 51.9 Å². The Morgan fingerprint density at radius 3 is 2.35 bits per heavy atom. The van der Waals surface area contributed by atoms with Crippen molar-refractivity contribution >= 4 is 34.9 Å². The van der Waals surface area contributed by atoms with E-state index in [4.69, 9.17) is 19.9 Å². The van der Waals surface area contributed by atoms with Crippen LogP contribution in [0.25, 0.3) is 32.8 Å². The molecule has 6 N–H and O–H groups in total. The van der Waals surface area contributed by atoms with Crippen molar-refractivity contribution in [2.24, 2.45) is 5.41 Å². The van der Waals surface area contributed by atoms with Crippen molar-refractivity contribution in [1.82, 2.24) is 40.5 Å². The molecule has 17 nitrogen and oxygen atoms in total. The van der Waals surface area contributed by atoms with Crippen molar-refractivity contribution < 1.29 is 38.8 Å². The number of carbonyl (C=O) groups is 3. The van der Waals surface area contributed by atoms with Crippen molar-refractivity contribution in [3.05, 3.63) is 83.8 Å². The number of hydrogen-bond acceptors (Lipinski definition) is 14. The number of amides is 3. The Balaban J connectivity index is 0.885. The topological polar surface area (TPSA) is 229 Å².